The lowest BCUT2D eigenvalue weighted by Gasteiger charge is -2.43. The van der Waals surface area contributed by atoms with Crippen LogP contribution in [0.3, 0.4) is 0 Å². The van der Waals surface area contributed by atoms with Crippen LogP contribution in [0.2, 0.25) is 0 Å². The molecule has 0 aromatic heterocycles. The van der Waals surface area contributed by atoms with Crippen molar-refractivity contribution in [1.29, 1.82) is 0 Å². The molecule has 6 atom stereocenters. The summed E-state index contributed by atoms with van der Waals surface area (Å²) in [5.74, 6) is 0.154. The average Bonchev–Trinajstić information content (AvgIpc) is 3.43. The molecule has 1 saturated heterocycles. The number of Topliss-reactive ketones (excluding diaryl/α,β-unsaturated/α-hetero) is 1. The summed E-state index contributed by atoms with van der Waals surface area (Å²) >= 11 is 0. The van der Waals surface area contributed by atoms with Crippen molar-refractivity contribution in [3.8, 4) is 12.3 Å². The zero-order valence-corrected chi connectivity index (χ0v) is 31.9. The molecule has 0 spiro atoms. The third-order valence-corrected chi connectivity index (χ3v) is 12.2. The molecule has 1 heterocycles. The Kier molecular flexibility index (Phi) is 14.4. The molecule has 52 heavy (non-hydrogen) atoms. The highest BCUT2D eigenvalue weighted by Crippen LogP contribution is 2.65. The van der Waals surface area contributed by atoms with Gasteiger partial charge in [0, 0.05) is 26.1 Å². The van der Waals surface area contributed by atoms with Crippen molar-refractivity contribution in [3.63, 3.8) is 0 Å². The Hall–Kier alpha value is -3.82. The summed E-state index contributed by atoms with van der Waals surface area (Å²) < 4.78 is 5.48. The lowest BCUT2D eigenvalue weighted by Crippen LogP contribution is -2.63. The van der Waals surface area contributed by atoms with Crippen LogP contribution in [0.25, 0.3) is 0 Å². The number of likely N-dealkylation sites (tertiary alicyclic amines) is 1. The van der Waals surface area contributed by atoms with Gasteiger partial charge in [0.25, 0.3) is 5.91 Å². The Labute approximate surface area is 309 Å². The maximum Gasteiger partial charge on any atom is 0.407 e. The Morgan fingerprint density at radius 1 is 0.904 bits per heavy atom. The largest absolute Gasteiger partial charge is 0.447 e. The topological polar surface area (TPSA) is 175 Å². The lowest BCUT2D eigenvalue weighted by atomic mass is 9.70. The van der Waals surface area contributed by atoms with E-state index in [0.29, 0.717) is 26.1 Å². The van der Waals surface area contributed by atoms with Gasteiger partial charge in [0.15, 0.2) is 0 Å². The van der Waals surface area contributed by atoms with E-state index in [-0.39, 0.29) is 48.5 Å². The summed E-state index contributed by atoms with van der Waals surface area (Å²) in [6.45, 7) is 11.0. The van der Waals surface area contributed by atoms with Crippen molar-refractivity contribution < 1.29 is 33.5 Å². The van der Waals surface area contributed by atoms with Crippen LogP contribution in [0.15, 0.2) is 0 Å². The van der Waals surface area contributed by atoms with Crippen LogP contribution >= 0.6 is 0 Å². The molecule has 4 rings (SSSR count). The third kappa shape index (κ3) is 9.78. The van der Waals surface area contributed by atoms with Crippen molar-refractivity contribution in [2.75, 3.05) is 26.2 Å². The minimum absolute atomic E-state index is 0.0165. The van der Waals surface area contributed by atoms with Gasteiger partial charge in [-0.2, -0.15) is 0 Å². The number of fused-ring (bicyclic) bond motifs is 1. The Bertz CT molecular complexity index is 1350. The fourth-order valence-corrected chi connectivity index (χ4v) is 8.93. The maximum absolute atomic E-state index is 14.8. The molecule has 0 radical (unpaired) electrons. The first-order valence-corrected chi connectivity index (χ1v) is 19.6. The Morgan fingerprint density at radius 3 is 2.21 bits per heavy atom. The number of ketones is 1. The predicted octanol–water partition coefficient (Wildman–Crippen LogP) is 3.80. The van der Waals surface area contributed by atoms with Crippen LogP contribution in [0.4, 0.5) is 9.59 Å². The second-order valence-electron chi connectivity index (χ2n) is 16.2. The molecule has 4 aliphatic rings. The fraction of sp³-hybridized carbons (Fsp3) is 0.795. The Balaban J connectivity index is 1.57. The normalized spacial score (nSPS) is 24.8. The number of piperidine rings is 1. The second kappa shape index (κ2) is 18.3. The van der Waals surface area contributed by atoms with E-state index in [9.17, 15) is 28.8 Å². The first-order valence-electron chi connectivity index (χ1n) is 19.6. The smallest absolute Gasteiger partial charge is 0.407 e. The summed E-state index contributed by atoms with van der Waals surface area (Å²) in [6.07, 6.45) is 15.2. The summed E-state index contributed by atoms with van der Waals surface area (Å²) in [5.41, 5.74) is -0.765. The number of carbonyl (C=O) groups excluding carboxylic acids is 6. The molecular weight excluding hydrogens is 664 g/mol. The number of hydrogen-bond acceptors (Lipinski definition) is 7. The highest BCUT2D eigenvalue weighted by Gasteiger charge is 2.70. The van der Waals surface area contributed by atoms with E-state index < -0.39 is 59.3 Å². The monoisotopic (exact) mass is 726 g/mol. The van der Waals surface area contributed by atoms with E-state index in [1.54, 1.807) is 11.8 Å². The summed E-state index contributed by atoms with van der Waals surface area (Å²) in [7, 11) is 0. The zero-order chi connectivity index (χ0) is 38.1. The standard InChI is InChI=1S/C39H62N6O7/c1-7-10-19-27(31(46)34(48)41-22-8-2)42-33(47)30-29-26(38(29,4)5)23-45(30)35(49)32(39(6)20-15-12-16-21-39)44-36(50)43-28(24-52-37(51)40-9-3)25-17-13-11-14-18-25/h1,25-30,32H,8-24H2,2-6H3,(H,40,51)(H,41,48)(H,42,47)(H2,43,44,50)/t26-,27?,28+,29-,30-,32+/m0/s1. The van der Waals surface area contributed by atoms with Gasteiger partial charge in [-0.15, -0.1) is 12.3 Å². The quantitative estimate of drug-likeness (QED) is 0.119. The summed E-state index contributed by atoms with van der Waals surface area (Å²) in [6, 6.07) is -3.87. The second-order valence-corrected chi connectivity index (χ2v) is 16.2. The van der Waals surface area contributed by atoms with Crippen LogP contribution in [-0.4, -0.2) is 90.9 Å². The molecule has 0 aromatic carbocycles. The number of nitrogens with one attached hydrogen (secondary N) is 5. The zero-order valence-electron chi connectivity index (χ0n) is 31.9. The molecule has 13 nitrogen and oxygen atoms in total. The Morgan fingerprint density at radius 2 is 1.58 bits per heavy atom. The molecule has 1 aliphatic heterocycles. The first-order chi connectivity index (χ1) is 24.8. The summed E-state index contributed by atoms with van der Waals surface area (Å²) in [5, 5.41) is 14.2. The van der Waals surface area contributed by atoms with E-state index in [4.69, 9.17) is 11.2 Å². The van der Waals surface area contributed by atoms with Crippen LogP contribution in [0, 0.1) is 40.9 Å². The van der Waals surface area contributed by atoms with Gasteiger partial charge in [-0.05, 0) is 74.0 Å². The number of amides is 6. The van der Waals surface area contributed by atoms with Gasteiger partial charge in [-0.3, -0.25) is 19.2 Å². The van der Waals surface area contributed by atoms with Crippen molar-refractivity contribution in [1.82, 2.24) is 31.5 Å². The molecule has 1 unspecified atom stereocenters. The van der Waals surface area contributed by atoms with Gasteiger partial charge in [-0.25, -0.2) is 9.59 Å². The van der Waals surface area contributed by atoms with E-state index in [1.165, 1.54) is 0 Å². The van der Waals surface area contributed by atoms with Crippen LogP contribution in [0.1, 0.15) is 118 Å². The van der Waals surface area contributed by atoms with Gasteiger partial charge >= 0.3 is 12.1 Å². The van der Waals surface area contributed by atoms with E-state index in [2.05, 4.69) is 46.4 Å². The highest BCUT2D eigenvalue weighted by atomic mass is 16.5. The number of alkyl carbamates (subject to hydrolysis) is 1. The number of hydrogen-bond donors (Lipinski definition) is 5. The van der Waals surface area contributed by atoms with Crippen LogP contribution < -0.4 is 26.6 Å². The molecule has 13 heteroatoms. The molecule has 0 aromatic rings. The number of terminal acetylenes is 1. The van der Waals surface area contributed by atoms with Crippen LogP contribution in [0.5, 0.6) is 0 Å². The minimum atomic E-state index is -1.13. The number of carbonyl (C=O) groups is 6. The number of ether oxygens (including phenoxy) is 1. The van der Waals surface area contributed by atoms with Crippen LogP contribution in [-0.2, 0) is 23.9 Å². The minimum Gasteiger partial charge on any atom is -0.447 e. The first kappa shape index (κ1) is 40.9. The average molecular weight is 727 g/mol. The van der Waals surface area contributed by atoms with E-state index in [0.717, 1.165) is 64.2 Å². The maximum atomic E-state index is 14.8. The van der Waals surface area contributed by atoms with Crippen molar-refractivity contribution in [2.45, 2.75) is 142 Å². The van der Waals surface area contributed by atoms with Gasteiger partial charge in [0.2, 0.25) is 17.6 Å². The number of nitrogens with zero attached hydrogens (tertiary/aromatic N) is 1. The van der Waals surface area contributed by atoms with Crippen molar-refractivity contribution in [3.05, 3.63) is 0 Å². The van der Waals surface area contributed by atoms with Gasteiger partial charge in [0.05, 0.1) is 12.1 Å². The lowest BCUT2D eigenvalue weighted by molar-refractivity contribution is -0.146. The van der Waals surface area contributed by atoms with Gasteiger partial charge in [0.1, 0.15) is 18.7 Å². The molecule has 290 valence electrons. The fourth-order valence-electron chi connectivity index (χ4n) is 8.93. The van der Waals surface area contributed by atoms with E-state index in [1.807, 2.05) is 13.8 Å². The van der Waals surface area contributed by atoms with Crippen molar-refractivity contribution in [2.24, 2.45) is 28.6 Å². The van der Waals surface area contributed by atoms with Gasteiger partial charge in [-0.1, -0.05) is 66.2 Å². The number of rotatable bonds is 16. The van der Waals surface area contributed by atoms with E-state index >= 15 is 0 Å². The molecule has 0 bridgehead atoms. The van der Waals surface area contributed by atoms with Crippen molar-refractivity contribution >= 4 is 35.6 Å². The van der Waals surface area contributed by atoms with Gasteiger partial charge < -0.3 is 36.2 Å². The highest BCUT2D eigenvalue weighted by molar-refractivity contribution is 6.38. The molecule has 3 saturated carbocycles. The number of urea groups is 1. The molecule has 4 fully saturated rings. The summed E-state index contributed by atoms with van der Waals surface area (Å²) in [4.78, 5) is 82.5. The molecule has 6 amide bonds. The molecule has 3 aliphatic carbocycles. The predicted molar refractivity (Wildman–Crippen MR) is 197 cm³/mol. The third-order valence-electron chi connectivity index (χ3n) is 12.2. The SMILES string of the molecule is C#CCCC(NC(=O)[C@@H]1[C@@H]2[C@H](CN1C(=O)[C@@H](NC(=O)N[C@H](COC(=O)NCC)C1CCCCC1)C1(C)CCCCC1)C2(C)C)C(=O)C(=O)NCCC. The molecular formula is C39H62N6O7. The molecule has 5 N–H and O–H groups in total.